The number of hydrogen-bond acceptors (Lipinski definition) is 4. The van der Waals surface area contributed by atoms with Gasteiger partial charge in [-0.25, -0.2) is 0 Å². The van der Waals surface area contributed by atoms with Gasteiger partial charge >= 0.3 is 0 Å². The van der Waals surface area contributed by atoms with Gasteiger partial charge in [0.15, 0.2) is 0 Å². The van der Waals surface area contributed by atoms with Crippen molar-refractivity contribution in [1.29, 1.82) is 0 Å². The van der Waals surface area contributed by atoms with E-state index in [2.05, 4.69) is 6.07 Å². The lowest BCUT2D eigenvalue weighted by Crippen LogP contribution is -2.38. The van der Waals surface area contributed by atoms with Gasteiger partial charge in [0.25, 0.3) is 5.97 Å². The van der Waals surface area contributed by atoms with Crippen molar-refractivity contribution in [3.8, 4) is 5.75 Å². The van der Waals surface area contributed by atoms with Crippen LogP contribution in [0.4, 0.5) is 0 Å². The quantitative estimate of drug-likeness (QED) is 0.760. The van der Waals surface area contributed by atoms with E-state index in [0.717, 1.165) is 22.1 Å². The zero-order chi connectivity index (χ0) is 14.6. The Balaban J connectivity index is 2.48. The predicted molar refractivity (Wildman–Crippen MR) is 78.0 cm³/mol. The van der Waals surface area contributed by atoms with Gasteiger partial charge in [-0.15, -0.1) is 0 Å². The van der Waals surface area contributed by atoms with Crippen molar-refractivity contribution < 1.29 is 18.9 Å². The fraction of sp³-hybridized carbons (Fsp3) is 0.375. The molecule has 0 N–H and O–H groups in total. The van der Waals surface area contributed by atoms with Crippen molar-refractivity contribution in [3.63, 3.8) is 0 Å². The lowest BCUT2D eigenvalue weighted by Gasteiger charge is -2.29. The number of methoxy groups -OCH3 is 4. The second-order valence-corrected chi connectivity index (χ2v) is 4.48. The molecule has 0 heterocycles. The van der Waals surface area contributed by atoms with E-state index in [0.29, 0.717) is 6.42 Å². The van der Waals surface area contributed by atoms with Gasteiger partial charge in [-0.05, 0) is 28.5 Å². The summed E-state index contributed by atoms with van der Waals surface area (Å²) in [5.41, 5.74) is 1.08. The normalized spacial score (nSPS) is 11.8. The first kappa shape index (κ1) is 14.8. The van der Waals surface area contributed by atoms with E-state index < -0.39 is 5.97 Å². The Bertz CT molecular complexity index is 567. The van der Waals surface area contributed by atoms with Gasteiger partial charge in [-0.1, -0.05) is 24.3 Å². The fourth-order valence-corrected chi connectivity index (χ4v) is 2.30. The topological polar surface area (TPSA) is 36.9 Å². The third kappa shape index (κ3) is 2.77. The standard InChI is InChI=1S/C16H20O4/c1-17-14-9-8-12-6-5-7-13(15(12)10-14)11-16(18-2,19-3)20-4/h5-10H,11H2,1-4H3. The molecule has 0 aliphatic carbocycles. The second-order valence-electron chi connectivity index (χ2n) is 4.48. The van der Waals surface area contributed by atoms with Gasteiger partial charge in [0, 0.05) is 21.3 Å². The summed E-state index contributed by atoms with van der Waals surface area (Å²) in [5, 5.41) is 2.24. The maximum absolute atomic E-state index is 5.37. The van der Waals surface area contributed by atoms with Crippen LogP contribution in [0.15, 0.2) is 36.4 Å². The molecule has 108 valence electrons. The van der Waals surface area contributed by atoms with Crippen molar-refractivity contribution in [1.82, 2.24) is 0 Å². The fourth-order valence-electron chi connectivity index (χ4n) is 2.30. The van der Waals surface area contributed by atoms with Crippen molar-refractivity contribution in [2.75, 3.05) is 28.4 Å². The van der Waals surface area contributed by atoms with Crippen molar-refractivity contribution in [2.24, 2.45) is 0 Å². The Morgan fingerprint density at radius 3 is 2.20 bits per heavy atom. The van der Waals surface area contributed by atoms with Crippen LogP contribution in [-0.4, -0.2) is 34.4 Å². The molecule has 0 bridgehead atoms. The molecule has 0 unspecified atom stereocenters. The maximum atomic E-state index is 5.37. The largest absolute Gasteiger partial charge is 0.497 e. The van der Waals surface area contributed by atoms with E-state index in [1.54, 1.807) is 28.4 Å². The summed E-state index contributed by atoms with van der Waals surface area (Å²) in [7, 11) is 6.36. The van der Waals surface area contributed by atoms with Crippen LogP contribution in [0.1, 0.15) is 5.56 Å². The van der Waals surface area contributed by atoms with Crippen molar-refractivity contribution in [2.45, 2.75) is 12.4 Å². The minimum atomic E-state index is -1.07. The summed E-state index contributed by atoms with van der Waals surface area (Å²) in [4.78, 5) is 0. The van der Waals surface area contributed by atoms with Crippen LogP contribution in [0, 0.1) is 0 Å². The summed E-state index contributed by atoms with van der Waals surface area (Å²) >= 11 is 0. The lowest BCUT2D eigenvalue weighted by molar-refractivity contribution is -0.350. The Morgan fingerprint density at radius 1 is 0.900 bits per heavy atom. The molecule has 0 aliphatic heterocycles. The first-order valence-electron chi connectivity index (χ1n) is 6.39. The molecule has 0 saturated heterocycles. The number of hydrogen-bond donors (Lipinski definition) is 0. The summed E-state index contributed by atoms with van der Waals surface area (Å²) in [6.45, 7) is 0. The highest BCUT2D eigenvalue weighted by Gasteiger charge is 2.30. The second kappa shape index (κ2) is 6.22. The lowest BCUT2D eigenvalue weighted by atomic mass is 10.0. The number of fused-ring (bicyclic) bond motifs is 1. The van der Waals surface area contributed by atoms with E-state index in [4.69, 9.17) is 18.9 Å². The summed E-state index contributed by atoms with van der Waals surface area (Å²) < 4.78 is 21.4. The third-order valence-corrected chi connectivity index (χ3v) is 3.52. The minimum absolute atomic E-state index is 0.487. The van der Waals surface area contributed by atoms with Gasteiger partial charge in [0.2, 0.25) is 0 Å². The maximum Gasteiger partial charge on any atom is 0.286 e. The van der Waals surface area contributed by atoms with Crippen LogP contribution in [0.3, 0.4) is 0 Å². The summed E-state index contributed by atoms with van der Waals surface area (Å²) in [6.07, 6.45) is 0.487. The molecule has 0 spiro atoms. The van der Waals surface area contributed by atoms with Gasteiger partial charge in [-0.3, -0.25) is 0 Å². The molecular weight excluding hydrogens is 256 g/mol. The number of benzene rings is 2. The molecule has 4 heteroatoms. The minimum Gasteiger partial charge on any atom is -0.497 e. The average molecular weight is 276 g/mol. The Kier molecular flexibility index (Phi) is 4.60. The van der Waals surface area contributed by atoms with Gasteiger partial charge in [0.1, 0.15) is 5.75 Å². The van der Waals surface area contributed by atoms with E-state index in [9.17, 15) is 0 Å². The molecular formula is C16H20O4. The molecule has 0 aromatic heterocycles. The van der Waals surface area contributed by atoms with Crippen molar-refractivity contribution in [3.05, 3.63) is 42.0 Å². The molecule has 0 atom stereocenters. The first-order valence-corrected chi connectivity index (χ1v) is 6.39. The average Bonchev–Trinajstić information content (AvgIpc) is 2.52. The first-order chi connectivity index (χ1) is 9.68. The van der Waals surface area contributed by atoms with Crippen LogP contribution >= 0.6 is 0 Å². The Hall–Kier alpha value is -1.62. The SMILES string of the molecule is COc1ccc2cccc(CC(OC)(OC)OC)c2c1. The highest BCUT2D eigenvalue weighted by Crippen LogP contribution is 2.28. The molecule has 2 aromatic rings. The molecule has 2 aromatic carbocycles. The van der Waals surface area contributed by atoms with Gasteiger partial charge < -0.3 is 18.9 Å². The molecule has 0 radical (unpaired) electrons. The molecule has 0 amide bonds. The van der Waals surface area contributed by atoms with E-state index >= 15 is 0 Å². The number of rotatable bonds is 6. The smallest absolute Gasteiger partial charge is 0.286 e. The molecule has 4 nitrogen and oxygen atoms in total. The van der Waals surface area contributed by atoms with Crippen LogP contribution in [-0.2, 0) is 20.6 Å². The third-order valence-electron chi connectivity index (χ3n) is 3.52. The monoisotopic (exact) mass is 276 g/mol. The highest BCUT2D eigenvalue weighted by atomic mass is 16.9. The van der Waals surface area contributed by atoms with Crippen molar-refractivity contribution >= 4 is 10.8 Å². The van der Waals surface area contributed by atoms with Crippen LogP contribution in [0.5, 0.6) is 5.75 Å². The summed E-state index contributed by atoms with van der Waals surface area (Å²) in [6, 6.07) is 12.1. The Morgan fingerprint density at radius 2 is 1.60 bits per heavy atom. The van der Waals surface area contributed by atoms with Crippen LogP contribution < -0.4 is 4.74 Å². The summed E-state index contributed by atoms with van der Waals surface area (Å²) in [5.74, 6) is -0.250. The number of ether oxygens (including phenoxy) is 4. The predicted octanol–water partition coefficient (Wildman–Crippen LogP) is 2.98. The van der Waals surface area contributed by atoms with Crippen LogP contribution in [0.2, 0.25) is 0 Å². The molecule has 20 heavy (non-hydrogen) atoms. The van der Waals surface area contributed by atoms with E-state index in [1.807, 2.05) is 30.3 Å². The highest BCUT2D eigenvalue weighted by molar-refractivity contribution is 5.87. The molecule has 0 fully saturated rings. The van der Waals surface area contributed by atoms with E-state index in [1.165, 1.54) is 0 Å². The molecule has 2 rings (SSSR count). The van der Waals surface area contributed by atoms with Gasteiger partial charge in [-0.2, -0.15) is 0 Å². The zero-order valence-electron chi connectivity index (χ0n) is 12.3. The van der Waals surface area contributed by atoms with Gasteiger partial charge in [0.05, 0.1) is 13.5 Å². The Labute approximate surface area is 119 Å². The zero-order valence-corrected chi connectivity index (χ0v) is 12.3. The molecule has 0 saturated carbocycles. The molecule has 0 aliphatic rings. The van der Waals surface area contributed by atoms with E-state index in [-0.39, 0.29) is 0 Å². The van der Waals surface area contributed by atoms with Crippen LogP contribution in [0.25, 0.3) is 10.8 Å².